The fourth-order valence-electron chi connectivity index (χ4n) is 1.96. The molecule has 1 fully saturated rings. The smallest absolute Gasteiger partial charge is 0.0533 e. The largest absolute Gasteiger partial charge is 0.378 e. The van der Waals surface area contributed by atoms with Crippen molar-refractivity contribution >= 4 is 15.9 Å². The molecule has 0 aliphatic heterocycles. The van der Waals surface area contributed by atoms with E-state index in [1.54, 1.807) is 0 Å². The zero-order valence-corrected chi connectivity index (χ0v) is 10.4. The third-order valence-electron chi connectivity index (χ3n) is 2.92. The molecule has 1 aliphatic rings. The summed E-state index contributed by atoms with van der Waals surface area (Å²) in [5.41, 5.74) is 0.447. The van der Waals surface area contributed by atoms with Gasteiger partial charge in [0.15, 0.2) is 0 Å². The lowest BCUT2D eigenvalue weighted by atomic mass is 9.76. The Labute approximate surface area is 90.4 Å². The van der Waals surface area contributed by atoms with Gasteiger partial charge >= 0.3 is 0 Å². The second kappa shape index (κ2) is 5.35. The van der Waals surface area contributed by atoms with Crippen molar-refractivity contribution in [3.05, 3.63) is 0 Å². The van der Waals surface area contributed by atoms with Gasteiger partial charge in [-0.3, -0.25) is 0 Å². The van der Waals surface area contributed by atoms with Crippen LogP contribution in [-0.2, 0) is 4.74 Å². The molecule has 1 saturated carbocycles. The van der Waals surface area contributed by atoms with E-state index in [-0.39, 0.29) is 0 Å². The Morgan fingerprint density at radius 2 is 1.85 bits per heavy atom. The van der Waals surface area contributed by atoms with E-state index in [0.717, 1.165) is 11.9 Å². The minimum atomic E-state index is 0.373. The molecule has 0 saturated heterocycles. The molecule has 0 radical (unpaired) electrons. The van der Waals surface area contributed by atoms with E-state index in [1.165, 1.54) is 32.1 Å². The van der Waals surface area contributed by atoms with Crippen LogP contribution in [0.15, 0.2) is 0 Å². The van der Waals surface area contributed by atoms with Gasteiger partial charge in [0, 0.05) is 10.7 Å². The first-order chi connectivity index (χ1) is 6.18. The summed E-state index contributed by atoms with van der Waals surface area (Å²) in [4.78, 5) is 0. The van der Waals surface area contributed by atoms with Crippen molar-refractivity contribution in [2.75, 3.05) is 11.9 Å². The molecule has 0 spiro atoms. The van der Waals surface area contributed by atoms with Crippen LogP contribution in [0.4, 0.5) is 0 Å². The number of alkyl halides is 1. The van der Waals surface area contributed by atoms with Gasteiger partial charge in [0.1, 0.15) is 0 Å². The first kappa shape index (κ1) is 11.5. The summed E-state index contributed by atoms with van der Waals surface area (Å²) < 4.78 is 5.75. The number of ether oxygens (including phenoxy) is 1. The van der Waals surface area contributed by atoms with E-state index in [4.69, 9.17) is 4.74 Å². The zero-order chi connectivity index (χ0) is 9.73. The summed E-state index contributed by atoms with van der Waals surface area (Å²) >= 11 is 3.64. The molecule has 0 amide bonds. The fraction of sp³-hybridized carbons (Fsp3) is 1.00. The number of hydrogen-bond donors (Lipinski definition) is 0. The van der Waals surface area contributed by atoms with Crippen LogP contribution in [0, 0.1) is 5.41 Å². The summed E-state index contributed by atoms with van der Waals surface area (Å²) in [5.74, 6) is 0. The highest BCUT2D eigenvalue weighted by atomic mass is 79.9. The predicted molar refractivity (Wildman–Crippen MR) is 60.4 cm³/mol. The van der Waals surface area contributed by atoms with Gasteiger partial charge in [-0.2, -0.15) is 0 Å². The third kappa shape index (κ3) is 3.59. The highest BCUT2D eigenvalue weighted by Crippen LogP contribution is 2.38. The minimum Gasteiger partial charge on any atom is -0.378 e. The highest BCUT2D eigenvalue weighted by molar-refractivity contribution is 9.09. The van der Waals surface area contributed by atoms with Gasteiger partial charge in [0.2, 0.25) is 0 Å². The van der Waals surface area contributed by atoms with Crippen molar-refractivity contribution in [1.82, 2.24) is 0 Å². The predicted octanol–water partition coefficient (Wildman–Crippen LogP) is 3.76. The highest BCUT2D eigenvalue weighted by Gasteiger charge is 2.31. The Hall–Kier alpha value is 0.440. The van der Waals surface area contributed by atoms with Crippen LogP contribution in [0.3, 0.4) is 0 Å². The molecule has 0 bridgehead atoms. The number of halogens is 1. The Kier molecular flexibility index (Phi) is 4.74. The summed E-state index contributed by atoms with van der Waals surface area (Å²) in [6.07, 6.45) is 7.23. The lowest BCUT2D eigenvalue weighted by Crippen LogP contribution is -2.32. The van der Waals surface area contributed by atoms with Crippen molar-refractivity contribution < 1.29 is 4.74 Å². The Morgan fingerprint density at radius 3 is 2.31 bits per heavy atom. The van der Waals surface area contributed by atoms with Gasteiger partial charge in [-0.05, 0) is 26.7 Å². The third-order valence-corrected chi connectivity index (χ3v) is 4.11. The maximum atomic E-state index is 5.75. The zero-order valence-electron chi connectivity index (χ0n) is 8.81. The molecule has 1 rings (SSSR count). The summed E-state index contributed by atoms with van der Waals surface area (Å²) in [7, 11) is 0. The van der Waals surface area contributed by atoms with E-state index in [0.29, 0.717) is 11.5 Å². The first-order valence-corrected chi connectivity index (χ1v) is 6.48. The molecule has 2 heteroatoms. The molecule has 0 aromatic rings. The molecule has 0 atom stereocenters. The standard InChI is InChI=1S/C11H21BrO/c1-10(2)13-9-11(8-12)6-4-3-5-7-11/h10H,3-9H2,1-2H3. The van der Waals surface area contributed by atoms with Crippen LogP contribution in [0.25, 0.3) is 0 Å². The number of rotatable bonds is 4. The van der Waals surface area contributed by atoms with Gasteiger partial charge in [-0.15, -0.1) is 0 Å². The molecular weight excluding hydrogens is 228 g/mol. The van der Waals surface area contributed by atoms with E-state index < -0.39 is 0 Å². The molecule has 78 valence electrons. The van der Waals surface area contributed by atoms with Crippen molar-refractivity contribution in [3.8, 4) is 0 Å². The normalized spacial score (nSPS) is 22.2. The molecule has 0 unspecified atom stereocenters. The van der Waals surface area contributed by atoms with Crippen LogP contribution >= 0.6 is 15.9 Å². The Morgan fingerprint density at radius 1 is 1.23 bits per heavy atom. The molecule has 1 nitrogen and oxygen atoms in total. The second-order valence-electron chi connectivity index (χ2n) is 4.55. The van der Waals surface area contributed by atoms with E-state index in [1.807, 2.05) is 0 Å². The van der Waals surface area contributed by atoms with Gasteiger partial charge < -0.3 is 4.74 Å². The van der Waals surface area contributed by atoms with Gasteiger partial charge in [-0.25, -0.2) is 0 Å². The quantitative estimate of drug-likeness (QED) is 0.689. The fourth-order valence-corrected chi connectivity index (χ4v) is 2.68. The summed E-state index contributed by atoms with van der Waals surface area (Å²) in [6, 6.07) is 0. The molecule has 13 heavy (non-hydrogen) atoms. The monoisotopic (exact) mass is 248 g/mol. The SMILES string of the molecule is CC(C)OCC1(CBr)CCCCC1. The van der Waals surface area contributed by atoms with Crippen LogP contribution in [0.1, 0.15) is 46.0 Å². The van der Waals surface area contributed by atoms with E-state index in [2.05, 4.69) is 29.8 Å². The first-order valence-electron chi connectivity index (χ1n) is 5.36. The summed E-state index contributed by atoms with van der Waals surface area (Å²) in [6.45, 7) is 5.17. The Bertz CT molecular complexity index is 139. The second-order valence-corrected chi connectivity index (χ2v) is 5.11. The van der Waals surface area contributed by atoms with Gasteiger partial charge in [0.05, 0.1) is 12.7 Å². The minimum absolute atomic E-state index is 0.373. The topological polar surface area (TPSA) is 9.23 Å². The van der Waals surface area contributed by atoms with Crippen LogP contribution in [0.2, 0.25) is 0 Å². The molecule has 0 aromatic heterocycles. The maximum Gasteiger partial charge on any atom is 0.0533 e. The van der Waals surface area contributed by atoms with Crippen molar-refractivity contribution in [1.29, 1.82) is 0 Å². The van der Waals surface area contributed by atoms with Crippen LogP contribution < -0.4 is 0 Å². The van der Waals surface area contributed by atoms with Crippen LogP contribution in [-0.4, -0.2) is 18.0 Å². The van der Waals surface area contributed by atoms with Crippen molar-refractivity contribution in [3.63, 3.8) is 0 Å². The molecule has 0 N–H and O–H groups in total. The molecular formula is C11H21BrO. The lowest BCUT2D eigenvalue weighted by molar-refractivity contribution is 0.00113. The maximum absolute atomic E-state index is 5.75. The average Bonchev–Trinajstić information content (AvgIpc) is 2.16. The van der Waals surface area contributed by atoms with Gasteiger partial charge in [-0.1, -0.05) is 35.2 Å². The summed E-state index contributed by atoms with van der Waals surface area (Å²) in [5, 5.41) is 1.10. The molecule has 0 heterocycles. The van der Waals surface area contributed by atoms with E-state index >= 15 is 0 Å². The van der Waals surface area contributed by atoms with Crippen molar-refractivity contribution in [2.24, 2.45) is 5.41 Å². The van der Waals surface area contributed by atoms with E-state index in [9.17, 15) is 0 Å². The lowest BCUT2D eigenvalue weighted by Gasteiger charge is -2.36. The molecule has 0 aromatic carbocycles. The number of hydrogen-bond acceptors (Lipinski definition) is 1. The van der Waals surface area contributed by atoms with Gasteiger partial charge in [0.25, 0.3) is 0 Å². The molecule has 1 aliphatic carbocycles. The van der Waals surface area contributed by atoms with Crippen molar-refractivity contribution in [2.45, 2.75) is 52.1 Å². The van der Waals surface area contributed by atoms with Crippen LogP contribution in [0.5, 0.6) is 0 Å². The average molecular weight is 249 g/mol. The Balaban J connectivity index is 2.38.